The van der Waals surface area contributed by atoms with E-state index in [4.69, 9.17) is 23.2 Å². The van der Waals surface area contributed by atoms with E-state index in [-0.39, 0.29) is 20.6 Å². The van der Waals surface area contributed by atoms with E-state index in [0.29, 0.717) is 11.2 Å². The van der Waals surface area contributed by atoms with Gasteiger partial charge in [0.1, 0.15) is 6.54 Å². The number of carbonyl (C=O) groups excluding carboxylic acids is 1. The quantitative estimate of drug-likeness (QED) is 0.397. The Labute approximate surface area is 195 Å². The van der Waals surface area contributed by atoms with Gasteiger partial charge in [0, 0.05) is 11.6 Å². The molecule has 0 bridgehead atoms. The molecule has 0 fully saturated rings. The summed E-state index contributed by atoms with van der Waals surface area (Å²) in [6, 6.07) is 21.3. The first-order valence-corrected chi connectivity index (χ1v) is 11.7. The second kappa shape index (κ2) is 9.16. The van der Waals surface area contributed by atoms with Crippen LogP contribution < -0.4 is 9.62 Å². The summed E-state index contributed by atoms with van der Waals surface area (Å²) in [6.45, 7) is -0.474. The number of carbonyl (C=O) groups is 1. The number of hydrogen-bond donors (Lipinski definition) is 1. The number of fused-ring (bicyclic) bond motifs is 1. The zero-order chi connectivity index (χ0) is 22.7. The molecular weight excluding hydrogens is 469 g/mol. The van der Waals surface area contributed by atoms with Gasteiger partial charge in [-0.2, -0.15) is 0 Å². The van der Waals surface area contributed by atoms with Gasteiger partial charge in [-0.15, -0.1) is 0 Å². The molecule has 1 amide bonds. The maximum Gasteiger partial charge on any atom is 0.264 e. The van der Waals surface area contributed by atoms with Crippen molar-refractivity contribution in [3.05, 3.63) is 95.1 Å². The molecule has 0 saturated carbocycles. The topological polar surface area (TPSA) is 79.4 Å². The Balaban J connectivity index is 1.70. The molecule has 0 aliphatic heterocycles. The lowest BCUT2D eigenvalue weighted by Gasteiger charge is -2.24. The molecule has 6 nitrogen and oxygen atoms in total. The Hall–Kier alpha value is -3.13. The third-order valence-electron chi connectivity index (χ3n) is 4.72. The number of aromatic nitrogens is 1. The Morgan fingerprint density at radius 3 is 2.41 bits per heavy atom. The van der Waals surface area contributed by atoms with Gasteiger partial charge in [-0.25, -0.2) is 8.42 Å². The van der Waals surface area contributed by atoms with E-state index < -0.39 is 22.5 Å². The number of para-hydroxylation sites is 1. The zero-order valence-electron chi connectivity index (χ0n) is 16.6. The van der Waals surface area contributed by atoms with Gasteiger partial charge in [-0.3, -0.25) is 14.1 Å². The smallest absolute Gasteiger partial charge is 0.264 e. The molecule has 4 aromatic rings. The molecule has 0 radical (unpaired) electrons. The van der Waals surface area contributed by atoms with Crippen molar-refractivity contribution in [3.8, 4) is 0 Å². The summed E-state index contributed by atoms with van der Waals surface area (Å²) < 4.78 is 27.8. The van der Waals surface area contributed by atoms with Crippen LogP contribution in [0.2, 0.25) is 10.0 Å². The second-order valence-corrected chi connectivity index (χ2v) is 9.53. The minimum atomic E-state index is -4.06. The van der Waals surface area contributed by atoms with Gasteiger partial charge < -0.3 is 5.32 Å². The fourth-order valence-corrected chi connectivity index (χ4v) is 4.93. The molecule has 3 aromatic carbocycles. The third-order valence-corrected chi connectivity index (χ3v) is 7.24. The van der Waals surface area contributed by atoms with Crippen LogP contribution in [-0.4, -0.2) is 25.9 Å². The Morgan fingerprint density at radius 1 is 0.906 bits per heavy atom. The largest absolute Gasteiger partial charge is 0.323 e. The van der Waals surface area contributed by atoms with Crippen LogP contribution in [0.4, 0.5) is 11.4 Å². The number of nitrogens with one attached hydrogen (secondary N) is 1. The summed E-state index contributed by atoms with van der Waals surface area (Å²) in [7, 11) is -4.06. The highest BCUT2D eigenvalue weighted by Crippen LogP contribution is 2.30. The summed E-state index contributed by atoms with van der Waals surface area (Å²) >= 11 is 12.1. The molecule has 4 rings (SSSR count). The minimum Gasteiger partial charge on any atom is -0.323 e. The average molecular weight is 486 g/mol. The molecule has 0 atom stereocenters. The predicted octanol–water partition coefficient (Wildman–Crippen LogP) is 5.38. The van der Waals surface area contributed by atoms with E-state index in [1.807, 2.05) is 12.1 Å². The molecule has 1 heterocycles. The van der Waals surface area contributed by atoms with Crippen molar-refractivity contribution in [1.29, 1.82) is 0 Å². The summed E-state index contributed by atoms with van der Waals surface area (Å²) in [5, 5.41) is 4.07. The molecule has 1 N–H and O–H groups in total. The van der Waals surface area contributed by atoms with E-state index in [1.165, 1.54) is 30.3 Å². The van der Waals surface area contributed by atoms with Crippen molar-refractivity contribution in [2.75, 3.05) is 16.2 Å². The van der Waals surface area contributed by atoms with Crippen molar-refractivity contribution in [2.45, 2.75) is 4.90 Å². The molecular formula is C23H17Cl2N3O3S. The molecule has 32 heavy (non-hydrogen) atoms. The molecule has 0 spiro atoms. The van der Waals surface area contributed by atoms with E-state index in [9.17, 15) is 13.2 Å². The number of hydrogen-bond acceptors (Lipinski definition) is 4. The molecule has 0 aliphatic rings. The Morgan fingerprint density at radius 2 is 1.66 bits per heavy atom. The zero-order valence-corrected chi connectivity index (χ0v) is 18.9. The van der Waals surface area contributed by atoms with Crippen LogP contribution in [-0.2, 0) is 14.8 Å². The van der Waals surface area contributed by atoms with Crippen LogP contribution in [0, 0.1) is 0 Å². The van der Waals surface area contributed by atoms with Crippen molar-refractivity contribution < 1.29 is 13.2 Å². The van der Waals surface area contributed by atoms with E-state index in [2.05, 4.69) is 10.3 Å². The fourth-order valence-electron chi connectivity index (χ4n) is 3.20. The number of rotatable bonds is 6. The van der Waals surface area contributed by atoms with Gasteiger partial charge in [0.2, 0.25) is 5.91 Å². The minimum absolute atomic E-state index is 0.0469. The number of benzene rings is 3. The summed E-state index contributed by atoms with van der Waals surface area (Å²) in [6.07, 6.45) is 1.62. The standard InChI is InChI=1S/C23H17Cl2N3O3S/c24-19-12-11-17(14-20(19)25)28(32(30,31)18-8-2-1-3-9-18)15-22(29)27-21-10-4-6-16-7-5-13-26-23(16)21/h1-14H,15H2,(H,27,29). The van der Waals surface area contributed by atoms with Gasteiger partial charge in [-0.1, -0.05) is 59.6 Å². The van der Waals surface area contributed by atoms with Crippen LogP contribution in [0.3, 0.4) is 0 Å². The Kier molecular flexibility index (Phi) is 6.32. The second-order valence-electron chi connectivity index (χ2n) is 6.85. The average Bonchev–Trinajstić information content (AvgIpc) is 2.80. The molecule has 162 valence electrons. The molecule has 9 heteroatoms. The van der Waals surface area contributed by atoms with Crippen molar-refractivity contribution >= 4 is 61.4 Å². The molecule has 1 aromatic heterocycles. The predicted molar refractivity (Wildman–Crippen MR) is 128 cm³/mol. The van der Waals surface area contributed by atoms with Gasteiger partial charge >= 0.3 is 0 Å². The summed E-state index contributed by atoms with van der Waals surface area (Å²) in [4.78, 5) is 17.3. The van der Waals surface area contributed by atoms with Crippen molar-refractivity contribution in [1.82, 2.24) is 4.98 Å². The highest BCUT2D eigenvalue weighted by molar-refractivity contribution is 7.92. The number of amides is 1. The van der Waals surface area contributed by atoms with Crippen LogP contribution in [0.5, 0.6) is 0 Å². The van der Waals surface area contributed by atoms with E-state index in [0.717, 1.165) is 9.69 Å². The monoisotopic (exact) mass is 485 g/mol. The molecule has 0 saturated heterocycles. The SMILES string of the molecule is O=C(CN(c1ccc(Cl)c(Cl)c1)S(=O)(=O)c1ccccc1)Nc1cccc2cccnc12. The highest BCUT2D eigenvalue weighted by Gasteiger charge is 2.27. The van der Waals surface area contributed by atoms with Crippen molar-refractivity contribution in [2.24, 2.45) is 0 Å². The summed E-state index contributed by atoms with van der Waals surface area (Å²) in [5.74, 6) is -0.534. The van der Waals surface area contributed by atoms with Crippen LogP contribution in [0.25, 0.3) is 10.9 Å². The maximum atomic E-state index is 13.4. The third kappa shape index (κ3) is 4.55. The lowest BCUT2D eigenvalue weighted by atomic mass is 10.2. The fraction of sp³-hybridized carbons (Fsp3) is 0.0435. The number of anilines is 2. The number of pyridine rings is 1. The van der Waals surface area contributed by atoms with Gasteiger partial charge in [0.15, 0.2) is 0 Å². The number of halogens is 2. The lowest BCUT2D eigenvalue weighted by Crippen LogP contribution is -2.38. The summed E-state index contributed by atoms with van der Waals surface area (Å²) in [5.41, 5.74) is 1.31. The van der Waals surface area contributed by atoms with Gasteiger partial charge in [-0.05, 0) is 42.5 Å². The van der Waals surface area contributed by atoms with Crippen molar-refractivity contribution in [3.63, 3.8) is 0 Å². The number of nitrogens with zero attached hydrogens (tertiary/aromatic N) is 2. The number of sulfonamides is 1. The Bertz CT molecular complexity index is 1390. The first kappa shape index (κ1) is 22.1. The maximum absolute atomic E-state index is 13.4. The first-order valence-electron chi connectivity index (χ1n) is 9.53. The van der Waals surface area contributed by atoms with Crippen LogP contribution in [0.1, 0.15) is 0 Å². The van der Waals surface area contributed by atoms with Gasteiger partial charge in [0.25, 0.3) is 10.0 Å². The van der Waals surface area contributed by atoms with E-state index >= 15 is 0 Å². The van der Waals surface area contributed by atoms with E-state index in [1.54, 1.807) is 42.6 Å². The molecule has 0 unspecified atom stereocenters. The van der Waals surface area contributed by atoms with Crippen LogP contribution in [0.15, 0.2) is 90.0 Å². The molecule has 0 aliphatic carbocycles. The van der Waals surface area contributed by atoms with Crippen LogP contribution >= 0.6 is 23.2 Å². The lowest BCUT2D eigenvalue weighted by molar-refractivity contribution is -0.114. The highest BCUT2D eigenvalue weighted by atomic mass is 35.5. The first-order chi connectivity index (χ1) is 15.4. The van der Waals surface area contributed by atoms with Gasteiger partial charge in [0.05, 0.1) is 31.8 Å². The normalized spacial score (nSPS) is 11.3.